The highest BCUT2D eigenvalue weighted by Gasteiger charge is 2.03. The van der Waals surface area contributed by atoms with E-state index in [0.29, 0.717) is 5.56 Å². The fourth-order valence-electron chi connectivity index (χ4n) is 1.39. The van der Waals surface area contributed by atoms with Crippen LogP contribution in [0.2, 0.25) is 0 Å². The zero-order valence-electron chi connectivity index (χ0n) is 9.56. The van der Waals surface area contributed by atoms with Crippen LogP contribution >= 0.6 is 0 Å². The molecule has 0 fully saturated rings. The Morgan fingerprint density at radius 3 is 1.61 bits per heavy atom. The third kappa shape index (κ3) is 3.18. The normalized spacial score (nSPS) is 9.56. The minimum absolute atomic E-state index is 0.261. The fraction of sp³-hybridized carbons (Fsp3) is 0. The van der Waals surface area contributed by atoms with E-state index in [-0.39, 0.29) is 17.6 Å². The predicted octanol–water partition coefficient (Wildman–Crippen LogP) is 2.68. The lowest BCUT2D eigenvalue weighted by Gasteiger charge is -1.99. The SMILES string of the molecule is Oc1cc(O)nc(-c2ccccccccc2)n1. The van der Waals surface area contributed by atoms with E-state index in [2.05, 4.69) is 9.97 Å². The van der Waals surface area contributed by atoms with Crippen molar-refractivity contribution in [3.63, 3.8) is 0 Å². The molecule has 0 aliphatic rings. The maximum Gasteiger partial charge on any atom is 0.218 e. The standard InChI is InChI=1S/C14H12N2O2/c17-12-10-13(18)16-14(15-12)11-8-6-4-2-1-3-5-7-9-11/h1-10H,(H2,15,16,17,18). The maximum absolute atomic E-state index is 9.35. The summed E-state index contributed by atoms with van der Waals surface area (Å²) in [6, 6.07) is 17.8. The fourth-order valence-corrected chi connectivity index (χ4v) is 1.39. The zero-order valence-corrected chi connectivity index (χ0v) is 9.56. The Morgan fingerprint density at radius 1 is 0.667 bits per heavy atom. The van der Waals surface area contributed by atoms with Gasteiger partial charge in [-0.3, -0.25) is 0 Å². The summed E-state index contributed by atoms with van der Waals surface area (Å²) in [5, 5.41) is 18.7. The van der Waals surface area contributed by atoms with Gasteiger partial charge < -0.3 is 10.2 Å². The van der Waals surface area contributed by atoms with Crippen molar-refractivity contribution in [2.24, 2.45) is 0 Å². The van der Waals surface area contributed by atoms with Crippen LogP contribution in [-0.4, -0.2) is 20.2 Å². The van der Waals surface area contributed by atoms with Crippen LogP contribution < -0.4 is 0 Å². The summed E-state index contributed by atoms with van der Waals surface area (Å²) >= 11 is 0. The highest BCUT2D eigenvalue weighted by atomic mass is 16.3. The second-order valence-electron chi connectivity index (χ2n) is 3.54. The van der Waals surface area contributed by atoms with E-state index >= 15 is 0 Å². The van der Waals surface area contributed by atoms with Crippen LogP contribution in [0.25, 0.3) is 11.4 Å². The summed E-state index contributed by atoms with van der Waals surface area (Å²) in [6.07, 6.45) is 0. The molecule has 1 heterocycles. The van der Waals surface area contributed by atoms with Crippen molar-refractivity contribution >= 4 is 0 Å². The number of rotatable bonds is 1. The first-order valence-electron chi connectivity index (χ1n) is 5.41. The second-order valence-corrected chi connectivity index (χ2v) is 3.54. The van der Waals surface area contributed by atoms with Crippen molar-refractivity contribution in [2.45, 2.75) is 0 Å². The van der Waals surface area contributed by atoms with Gasteiger partial charge in [-0.1, -0.05) is 54.6 Å². The molecule has 1 aromatic carbocycles. The van der Waals surface area contributed by atoms with E-state index in [0.717, 1.165) is 6.07 Å². The van der Waals surface area contributed by atoms with Crippen LogP contribution in [0.4, 0.5) is 0 Å². The molecule has 4 heteroatoms. The van der Waals surface area contributed by atoms with E-state index in [1.54, 1.807) is 12.1 Å². The summed E-state index contributed by atoms with van der Waals surface area (Å²) in [6.45, 7) is 0. The first kappa shape index (κ1) is 11.9. The van der Waals surface area contributed by atoms with E-state index < -0.39 is 0 Å². The van der Waals surface area contributed by atoms with Crippen molar-refractivity contribution in [1.82, 2.24) is 9.97 Å². The lowest BCUT2D eigenvalue weighted by Crippen LogP contribution is -1.87. The number of aromatic nitrogens is 2. The Hall–Kier alpha value is -2.62. The van der Waals surface area contributed by atoms with Crippen LogP contribution in [0.3, 0.4) is 0 Å². The molecular formula is C14H12N2O2. The van der Waals surface area contributed by atoms with E-state index in [4.69, 9.17) is 0 Å². The summed E-state index contributed by atoms with van der Waals surface area (Å²) in [5.74, 6) is -0.252. The van der Waals surface area contributed by atoms with E-state index in [9.17, 15) is 10.2 Å². The molecule has 2 N–H and O–H groups in total. The first-order chi connectivity index (χ1) is 8.75. The number of hydrogen-bond acceptors (Lipinski definition) is 4. The molecule has 0 bridgehead atoms. The van der Waals surface area contributed by atoms with Gasteiger partial charge in [0.05, 0.1) is 6.07 Å². The zero-order chi connectivity index (χ0) is 12.8. The van der Waals surface area contributed by atoms with Gasteiger partial charge in [-0.25, -0.2) is 0 Å². The van der Waals surface area contributed by atoms with Crippen LogP contribution in [0, 0.1) is 0 Å². The summed E-state index contributed by atoms with van der Waals surface area (Å²) in [4.78, 5) is 7.75. The van der Waals surface area contributed by atoms with Gasteiger partial charge in [-0.05, 0) is 0 Å². The molecule has 0 aliphatic heterocycles. The topological polar surface area (TPSA) is 66.2 Å². The molecule has 0 atom stereocenters. The molecule has 2 aromatic rings. The van der Waals surface area contributed by atoms with Crippen molar-refractivity contribution in [3.05, 3.63) is 60.7 Å². The van der Waals surface area contributed by atoms with Gasteiger partial charge >= 0.3 is 0 Å². The minimum Gasteiger partial charge on any atom is -0.493 e. The Bertz CT molecular complexity index is 554. The highest BCUT2D eigenvalue weighted by Crippen LogP contribution is 2.19. The van der Waals surface area contributed by atoms with Gasteiger partial charge in [0.2, 0.25) is 11.8 Å². The number of nitrogens with zero attached hydrogens (tertiary/aromatic N) is 2. The molecule has 90 valence electrons. The molecule has 18 heavy (non-hydrogen) atoms. The van der Waals surface area contributed by atoms with Gasteiger partial charge in [0.15, 0.2) is 5.82 Å². The molecule has 0 aliphatic carbocycles. The van der Waals surface area contributed by atoms with Crippen LogP contribution in [0.1, 0.15) is 0 Å². The quantitative estimate of drug-likeness (QED) is 0.804. The lowest BCUT2D eigenvalue weighted by atomic mass is 10.2. The van der Waals surface area contributed by atoms with Crippen molar-refractivity contribution in [1.29, 1.82) is 0 Å². The minimum atomic E-state index is -0.261. The van der Waals surface area contributed by atoms with Gasteiger partial charge in [0, 0.05) is 5.56 Å². The van der Waals surface area contributed by atoms with Crippen molar-refractivity contribution < 1.29 is 10.2 Å². The van der Waals surface area contributed by atoms with Gasteiger partial charge in [-0.2, -0.15) is 9.97 Å². The number of hydrogen-bond donors (Lipinski definition) is 2. The average molecular weight is 240 g/mol. The van der Waals surface area contributed by atoms with Crippen LogP contribution in [-0.2, 0) is 0 Å². The number of aromatic hydroxyl groups is 2. The van der Waals surface area contributed by atoms with Crippen molar-refractivity contribution in [2.75, 3.05) is 0 Å². The third-order valence-electron chi connectivity index (χ3n) is 2.18. The van der Waals surface area contributed by atoms with Crippen LogP contribution in [0.15, 0.2) is 60.7 Å². The Labute approximate surface area is 105 Å². The summed E-state index contributed by atoms with van der Waals surface area (Å²) in [5.41, 5.74) is 0.692. The molecular weight excluding hydrogens is 228 g/mol. The summed E-state index contributed by atoms with van der Waals surface area (Å²) in [7, 11) is 0. The Balaban J connectivity index is 2.56. The van der Waals surface area contributed by atoms with Gasteiger partial charge in [-0.15, -0.1) is 0 Å². The Morgan fingerprint density at radius 2 is 1.11 bits per heavy atom. The van der Waals surface area contributed by atoms with Gasteiger partial charge in [0.1, 0.15) is 0 Å². The molecule has 0 saturated heterocycles. The van der Waals surface area contributed by atoms with E-state index in [1.165, 1.54) is 0 Å². The molecule has 1 aromatic heterocycles. The molecule has 2 rings (SSSR count). The molecule has 0 spiro atoms. The molecule has 0 saturated carbocycles. The van der Waals surface area contributed by atoms with Crippen molar-refractivity contribution in [3.8, 4) is 23.1 Å². The van der Waals surface area contributed by atoms with E-state index in [1.807, 2.05) is 42.5 Å². The monoisotopic (exact) mass is 240 g/mol. The second kappa shape index (κ2) is 5.63. The predicted molar refractivity (Wildman–Crippen MR) is 68.4 cm³/mol. The van der Waals surface area contributed by atoms with Crippen LogP contribution in [0.5, 0.6) is 11.8 Å². The highest BCUT2D eigenvalue weighted by molar-refractivity contribution is 5.54. The smallest absolute Gasteiger partial charge is 0.218 e. The molecule has 0 radical (unpaired) electrons. The molecule has 0 amide bonds. The average Bonchev–Trinajstić information content (AvgIpc) is 2.34. The molecule has 0 unspecified atom stereocenters. The summed E-state index contributed by atoms with van der Waals surface area (Å²) < 4.78 is 0. The third-order valence-corrected chi connectivity index (χ3v) is 2.18. The van der Waals surface area contributed by atoms with Gasteiger partial charge in [0.25, 0.3) is 0 Å². The maximum atomic E-state index is 9.35. The largest absolute Gasteiger partial charge is 0.493 e. The first-order valence-corrected chi connectivity index (χ1v) is 5.41. The molecule has 4 nitrogen and oxygen atoms in total. The Kier molecular flexibility index (Phi) is 3.71. The lowest BCUT2D eigenvalue weighted by molar-refractivity contribution is 0.423.